The fourth-order valence-corrected chi connectivity index (χ4v) is 3.63. The molecule has 5 heteroatoms. The maximum absolute atomic E-state index is 12.9. The molecule has 2 atom stereocenters. The average molecular weight is 288 g/mol. The molecule has 2 aliphatic heterocycles. The van der Waals surface area contributed by atoms with Gasteiger partial charge in [-0.3, -0.25) is 9.69 Å². The first-order valence-corrected chi connectivity index (χ1v) is 7.94. The standard InChI is InChI=1S/C16H24N4O/c1-4-15-14(9-17-11(2)18-15)16(21)20-8-7-12-5-6-13(10-20)19(12)3/h9,12-13H,4-8,10H2,1-3H3/t12-,13+/m1/s1. The zero-order valence-electron chi connectivity index (χ0n) is 13.2. The van der Waals surface area contributed by atoms with Crippen molar-refractivity contribution in [3.05, 3.63) is 23.3 Å². The number of carbonyl (C=O) groups excluding carboxylic acids is 1. The van der Waals surface area contributed by atoms with Crippen LogP contribution >= 0.6 is 0 Å². The second-order valence-corrected chi connectivity index (χ2v) is 6.22. The van der Waals surface area contributed by atoms with Crippen LogP contribution in [0.15, 0.2) is 6.20 Å². The fourth-order valence-electron chi connectivity index (χ4n) is 3.63. The molecule has 2 saturated heterocycles. The lowest BCUT2D eigenvalue weighted by atomic mass is 10.1. The Balaban J connectivity index is 1.82. The molecular formula is C16H24N4O. The minimum Gasteiger partial charge on any atom is -0.337 e. The highest BCUT2D eigenvalue weighted by molar-refractivity contribution is 5.95. The van der Waals surface area contributed by atoms with Gasteiger partial charge in [0.15, 0.2) is 0 Å². The molecule has 21 heavy (non-hydrogen) atoms. The third-order valence-corrected chi connectivity index (χ3v) is 4.99. The molecule has 3 heterocycles. The zero-order valence-corrected chi connectivity index (χ0v) is 13.2. The van der Waals surface area contributed by atoms with Crippen LogP contribution in [0.4, 0.5) is 0 Å². The van der Waals surface area contributed by atoms with Crippen molar-refractivity contribution in [2.45, 2.75) is 51.6 Å². The third-order valence-electron chi connectivity index (χ3n) is 4.99. The maximum atomic E-state index is 12.9. The van der Waals surface area contributed by atoms with E-state index in [0.29, 0.717) is 17.6 Å². The summed E-state index contributed by atoms with van der Waals surface area (Å²) in [5.74, 6) is 0.839. The van der Waals surface area contributed by atoms with E-state index in [0.717, 1.165) is 37.4 Å². The molecule has 1 aromatic heterocycles. The van der Waals surface area contributed by atoms with Crippen molar-refractivity contribution >= 4 is 5.91 Å². The van der Waals surface area contributed by atoms with Gasteiger partial charge in [0.25, 0.3) is 5.91 Å². The molecule has 0 saturated carbocycles. The molecule has 0 aliphatic carbocycles. The number of rotatable bonds is 2. The lowest BCUT2D eigenvalue weighted by molar-refractivity contribution is 0.0738. The minimum atomic E-state index is 0.104. The number of amides is 1. The predicted molar refractivity (Wildman–Crippen MR) is 81.2 cm³/mol. The minimum absolute atomic E-state index is 0.104. The van der Waals surface area contributed by atoms with Gasteiger partial charge in [0.1, 0.15) is 5.82 Å². The van der Waals surface area contributed by atoms with Gasteiger partial charge < -0.3 is 4.90 Å². The van der Waals surface area contributed by atoms with Gasteiger partial charge in [0, 0.05) is 31.4 Å². The van der Waals surface area contributed by atoms with E-state index < -0.39 is 0 Å². The average Bonchev–Trinajstić information content (AvgIpc) is 2.71. The van der Waals surface area contributed by atoms with E-state index >= 15 is 0 Å². The van der Waals surface area contributed by atoms with Crippen LogP contribution in [0.2, 0.25) is 0 Å². The van der Waals surface area contributed by atoms with Gasteiger partial charge in [-0.1, -0.05) is 6.92 Å². The SMILES string of the molecule is CCc1nc(C)ncc1C(=O)N1CC[C@H]2CC[C@@H](C1)N2C. The van der Waals surface area contributed by atoms with Crippen molar-refractivity contribution in [1.82, 2.24) is 19.8 Å². The summed E-state index contributed by atoms with van der Waals surface area (Å²) >= 11 is 0. The lowest BCUT2D eigenvalue weighted by Gasteiger charge is -2.26. The maximum Gasteiger partial charge on any atom is 0.257 e. The van der Waals surface area contributed by atoms with Crippen LogP contribution in [0.3, 0.4) is 0 Å². The molecule has 114 valence electrons. The number of likely N-dealkylation sites (tertiary alicyclic amines) is 1. The normalized spacial score (nSPS) is 26.0. The number of hydrogen-bond donors (Lipinski definition) is 0. The van der Waals surface area contributed by atoms with Crippen LogP contribution < -0.4 is 0 Å². The van der Waals surface area contributed by atoms with Crippen molar-refractivity contribution in [1.29, 1.82) is 0 Å². The fraction of sp³-hybridized carbons (Fsp3) is 0.688. The van der Waals surface area contributed by atoms with Crippen LogP contribution in [-0.4, -0.2) is 57.9 Å². The Kier molecular flexibility index (Phi) is 3.93. The molecule has 0 N–H and O–H groups in total. The topological polar surface area (TPSA) is 49.3 Å². The summed E-state index contributed by atoms with van der Waals surface area (Å²) in [5.41, 5.74) is 1.55. The summed E-state index contributed by atoms with van der Waals surface area (Å²) in [6.45, 7) is 5.59. The van der Waals surface area contributed by atoms with Crippen LogP contribution in [0, 0.1) is 6.92 Å². The molecule has 2 bridgehead atoms. The van der Waals surface area contributed by atoms with Crippen molar-refractivity contribution in [2.75, 3.05) is 20.1 Å². The Bertz CT molecular complexity index is 545. The highest BCUT2D eigenvalue weighted by atomic mass is 16.2. The molecule has 1 aromatic rings. The molecule has 2 aliphatic rings. The highest BCUT2D eigenvalue weighted by Gasteiger charge is 2.36. The Morgan fingerprint density at radius 2 is 2.10 bits per heavy atom. The first-order chi connectivity index (χ1) is 10.1. The number of aryl methyl sites for hydroxylation is 2. The second-order valence-electron chi connectivity index (χ2n) is 6.22. The van der Waals surface area contributed by atoms with E-state index in [1.165, 1.54) is 12.8 Å². The molecule has 2 fully saturated rings. The third kappa shape index (κ3) is 2.67. The Morgan fingerprint density at radius 1 is 1.33 bits per heavy atom. The van der Waals surface area contributed by atoms with Gasteiger partial charge in [-0.15, -0.1) is 0 Å². The van der Waals surface area contributed by atoms with E-state index in [4.69, 9.17) is 0 Å². The van der Waals surface area contributed by atoms with E-state index in [9.17, 15) is 4.79 Å². The highest BCUT2D eigenvalue weighted by Crippen LogP contribution is 2.29. The molecular weight excluding hydrogens is 264 g/mol. The number of nitrogens with zero attached hydrogens (tertiary/aromatic N) is 4. The van der Waals surface area contributed by atoms with Gasteiger partial charge >= 0.3 is 0 Å². The molecule has 0 unspecified atom stereocenters. The summed E-state index contributed by atoms with van der Waals surface area (Å²) in [4.78, 5) is 26.0. The monoisotopic (exact) mass is 288 g/mol. The summed E-state index contributed by atoms with van der Waals surface area (Å²) < 4.78 is 0. The molecule has 5 nitrogen and oxygen atoms in total. The van der Waals surface area contributed by atoms with Crippen molar-refractivity contribution in [3.63, 3.8) is 0 Å². The molecule has 1 amide bonds. The summed E-state index contributed by atoms with van der Waals surface area (Å²) in [6.07, 6.45) is 6.03. The zero-order chi connectivity index (χ0) is 15.0. The number of hydrogen-bond acceptors (Lipinski definition) is 4. The molecule has 3 rings (SSSR count). The number of fused-ring (bicyclic) bond motifs is 2. The predicted octanol–water partition coefficient (Wildman–Crippen LogP) is 1.66. The van der Waals surface area contributed by atoms with Gasteiger partial charge in [0.05, 0.1) is 11.3 Å². The summed E-state index contributed by atoms with van der Waals surface area (Å²) in [7, 11) is 2.20. The Labute approximate surface area is 126 Å². The van der Waals surface area contributed by atoms with Crippen LogP contribution in [0.25, 0.3) is 0 Å². The lowest BCUT2D eigenvalue weighted by Crippen LogP contribution is -2.40. The van der Waals surface area contributed by atoms with E-state index in [2.05, 4.69) is 21.9 Å². The second kappa shape index (κ2) is 5.72. The molecule has 0 radical (unpaired) electrons. The van der Waals surface area contributed by atoms with E-state index in [1.807, 2.05) is 18.7 Å². The first-order valence-electron chi connectivity index (χ1n) is 7.94. The van der Waals surface area contributed by atoms with Gasteiger partial charge in [-0.05, 0) is 39.7 Å². The van der Waals surface area contributed by atoms with Crippen LogP contribution in [0.1, 0.15) is 48.1 Å². The number of carbonyl (C=O) groups is 1. The molecule has 0 spiro atoms. The summed E-state index contributed by atoms with van der Waals surface area (Å²) in [5, 5.41) is 0. The number of likely N-dealkylation sites (N-methyl/N-ethyl adjacent to an activating group) is 1. The van der Waals surface area contributed by atoms with E-state index in [-0.39, 0.29) is 5.91 Å². The summed E-state index contributed by atoms with van der Waals surface area (Å²) in [6, 6.07) is 1.16. The van der Waals surface area contributed by atoms with Crippen LogP contribution in [0.5, 0.6) is 0 Å². The Morgan fingerprint density at radius 3 is 2.86 bits per heavy atom. The smallest absolute Gasteiger partial charge is 0.257 e. The van der Waals surface area contributed by atoms with Crippen molar-refractivity contribution in [2.24, 2.45) is 0 Å². The quantitative estimate of drug-likeness (QED) is 0.830. The van der Waals surface area contributed by atoms with E-state index in [1.54, 1.807) is 6.20 Å². The largest absolute Gasteiger partial charge is 0.337 e. The van der Waals surface area contributed by atoms with Crippen molar-refractivity contribution < 1.29 is 4.79 Å². The first kappa shape index (κ1) is 14.4. The van der Waals surface area contributed by atoms with Crippen molar-refractivity contribution in [3.8, 4) is 0 Å². The van der Waals surface area contributed by atoms with Gasteiger partial charge in [-0.2, -0.15) is 0 Å². The molecule has 0 aromatic carbocycles. The number of aromatic nitrogens is 2. The Hall–Kier alpha value is -1.49. The van der Waals surface area contributed by atoms with Gasteiger partial charge in [-0.25, -0.2) is 9.97 Å². The van der Waals surface area contributed by atoms with Gasteiger partial charge in [0.2, 0.25) is 0 Å². The van der Waals surface area contributed by atoms with Crippen LogP contribution in [-0.2, 0) is 6.42 Å².